The van der Waals surface area contributed by atoms with Crippen LogP contribution in [0.15, 0.2) is 36.5 Å². The van der Waals surface area contributed by atoms with Crippen molar-refractivity contribution in [2.45, 2.75) is 39.8 Å². The number of esters is 1. The standard InChI is InChI=1S/C18H22N4O4/c1-11(2)22-16(8-9-19-22)21-17(24)12(3)26-18(25)14-6-5-7-15(10-14)20-13(4)23/h5-12H,1-4H3,(H,20,23)(H,21,24)/t12-/m0/s1. The molecule has 0 aliphatic carbocycles. The van der Waals surface area contributed by atoms with E-state index in [-0.39, 0.29) is 17.5 Å². The van der Waals surface area contributed by atoms with Gasteiger partial charge in [-0.1, -0.05) is 6.07 Å². The van der Waals surface area contributed by atoms with E-state index < -0.39 is 18.0 Å². The minimum Gasteiger partial charge on any atom is -0.449 e. The van der Waals surface area contributed by atoms with Gasteiger partial charge in [0.1, 0.15) is 5.82 Å². The van der Waals surface area contributed by atoms with Gasteiger partial charge >= 0.3 is 5.97 Å². The van der Waals surface area contributed by atoms with Crippen LogP contribution >= 0.6 is 0 Å². The van der Waals surface area contributed by atoms with Crippen LogP contribution in [0.1, 0.15) is 44.1 Å². The van der Waals surface area contributed by atoms with Gasteiger partial charge in [-0.25, -0.2) is 9.48 Å². The maximum Gasteiger partial charge on any atom is 0.338 e. The molecule has 0 aliphatic heterocycles. The summed E-state index contributed by atoms with van der Waals surface area (Å²) in [5, 5.41) is 9.41. The molecule has 1 aromatic carbocycles. The lowest BCUT2D eigenvalue weighted by molar-refractivity contribution is -0.123. The van der Waals surface area contributed by atoms with E-state index in [9.17, 15) is 14.4 Å². The highest BCUT2D eigenvalue weighted by Crippen LogP contribution is 2.15. The Bertz CT molecular complexity index is 813. The largest absolute Gasteiger partial charge is 0.449 e. The lowest BCUT2D eigenvalue weighted by Crippen LogP contribution is -2.31. The monoisotopic (exact) mass is 358 g/mol. The molecule has 2 N–H and O–H groups in total. The second-order valence-corrected chi connectivity index (χ2v) is 6.05. The average molecular weight is 358 g/mol. The zero-order valence-corrected chi connectivity index (χ0v) is 15.1. The normalized spacial score (nSPS) is 11.7. The molecule has 8 heteroatoms. The van der Waals surface area contributed by atoms with Crippen LogP contribution < -0.4 is 10.6 Å². The Kier molecular flexibility index (Phi) is 6.11. The summed E-state index contributed by atoms with van der Waals surface area (Å²) in [7, 11) is 0. The molecule has 1 heterocycles. The third kappa shape index (κ3) is 4.92. The number of hydrogen-bond donors (Lipinski definition) is 2. The molecule has 1 aromatic heterocycles. The number of hydrogen-bond acceptors (Lipinski definition) is 5. The fourth-order valence-corrected chi connectivity index (χ4v) is 2.26. The minimum atomic E-state index is -0.998. The van der Waals surface area contributed by atoms with Crippen molar-refractivity contribution in [3.8, 4) is 0 Å². The Balaban J connectivity index is 2.01. The minimum absolute atomic E-state index is 0.0784. The molecule has 0 spiro atoms. The van der Waals surface area contributed by atoms with E-state index in [4.69, 9.17) is 4.74 Å². The van der Waals surface area contributed by atoms with E-state index in [2.05, 4.69) is 15.7 Å². The number of ether oxygens (including phenoxy) is 1. The Morgan fingerprint density at radius 3 is 2.50 bits per heavy atom. The van der Waals surface area contributed by atoms with E-state index >= 15 is 0 Å². The van der Waals surface area contributed by atoms with Crippen LogP contribution in [0.5, 0.6) is 0 Å². The van der Waals surface area contributed by atoms with Crippen molar-refractivity contribution in [1.29, 1.82) is 0 Å². The van der Waals surface area contributed by atoms with Gasteiger partial charge in [-0.05, 0) is 39.0 Å². The van der Waals surface area contributed by atoms with Crippen molar-refractivity contribution >= 4 is 29.3 Å². The van der Waals surface area contributed by atoms with Gasteiger partial charge in [0.25, 0.3) is 5.91 Å². The third-order valence-electron chi connectivity index (χ3n) is 3.48. The van der Waals surface area contributed by atoms with Crippen molar-refractivity contribution in [2.75, 3.05) is 10.6 Å². The second kappa shape index (κ2) is 8.28. The highest BCUT2D eigenvalue weighted by Gasteiger charge is 2.20. The van der Waals surface area contributed by atoms with E-state index in [1.807, 2.05) is 13.8 Å². The summed E-state index contributed by atoms with van der Waals surface area (Å²) in [6, 6.07) is 8.06. The highest BCUT2D eigenvalue weighted by atomic mass is 16.5. The third-order valence-corrected chi connectivity index (χ3v) is 3.48. The summed E-state index contributed by atoms with van der Waals surface area (Å²) in [5.41, 5.74) is 0.716. The number of benzene rings is 1. The zero-order valence-electron chi connectivity index (χ0n) is 15.1. The summed E-state index contributed by atoms with van der Waals surface area (Å²) >= 11 is 0. The smallest absolute Gasteiger partial charge is 0.338 e. The van der Waals surface area contributed by atoms with Gasteiger partial charge in [0.2, 0.25) is 5.91 Å². The summed E-state index contributed by atoms with van der Waals surface area (Å²) in [6.45, 7) is 6.74. The van der Waals surface area contributed by atoms with Crippen LogP contribution in [0.2, 0.25) is 0 Å². The molecule has 0 radical (unpaired) electrons. The van der Waals surface area contributed by atoms with Gasteiger partial charge in [0.05, 0.1) is 11.8 Å². The molecule has 138 valence electrons. The van der Waals surface area contributed by atoms with Crippen LogP contribution in [-0.2, 0) is 14.3 Å². The van der Waals surface area contributed by atoms with Gasteiger partial charge < -0.3 is 15.4 Å². The van der Waals surface area contributed by atoms with Gasteiger partial charge in [-0.2, -0.15) is 5.10 Å². The number of aromatic nitrogens is 2. The Morgan fingerprint density at radius 2 is 1.85 bits per heavy atom. The van der Waals surface area contributed by atoms with Crippen molar-refractivity contribution in [1.82, 2.24) is 9.78 Å². The molecule has 2 rings (SSSR count). The fourth-order valence-electron chi connectivity index (χ4n) is 2.26. The lowest BCUT2D eigenvalue weighted by atomic mass is 10.2. The summed E-state index contributed by atoms with van der Waals surface area (Å²) < 4.78 is 6.87. The first-order valence-electron chi connectivity index (χ1n) is 8.21. The van der Waals surface area contributed by atoms with Crippen LogP contribution in [0.4, 0.5) is 11.5 Å². The van der Waals surface area contributed by atoms with Crippen molar-refractivity contribution < 1.29 is 19.1 Å². The Morgan fingerprint density at radius 1 is 1.12 bits per heavy atom. The second-order valence-electron chi connectivity index (χ2n) is 6.05. The summed E-state index contributed by atoms with van der Waals surface area (Å²) in [4.78, 5) is 35.6. The van der Waals surface area contributed by atoms with E-state index in [1.165, 1.54) is 19.9 Å². The molecule has 0 bridgehead atoms. The first-order valence-corrected chi connectivity index (χ1v) is 8.21. The first kappa shape index (κ1) is 19.2. The number of nitrogens with zero attached hydrogens (tertiary/aromatic N) is 2. The molecular formula is C18H22N4O4. The van der Waals surface area contributed by atoms with Crippen molar-refractivity contribution in [3.63, 3.8) is 0 Å². The lowest BCUT2D eigenvalue weighted by Gasteiger charge is -2.16. The Hall–Kier alpha value is -3.16. The first-order chi connectivity index (χ1) is 12.3. The molecule has 8 nitrogen and oxygen atoms in total. The van der Waals surface area contributed by atoms with Crippen molar-refractivity contribution in [2.24, 2.45) is 0 Å². The predicted octanol–water partition coefficient (Wildman–Crippen LogP) is 2.61. The van der Waals surface area contributed by atoms with E-state index in [0.717, 1.165) is 0 Å². The van der Waals surface area contributed by atoms with Crippen LogP contribution in [0.3, 0.4) is 0 Å². The topological polar surface area (TPSA) is 102 Å². The van der Waals surface area contributed by atoms with Crippen LogP contribution in [0.25, 0.3) is 0 Å². The van der Waals surface area contributed by atoms with E-state index in [0.29, 0.717) is 11.5 Å². The van der Waals surface area contributed by atoms with Crippen LogP contribution in [-0.4, -0.2) is 33.7 Å². The number of carbonyl (C=O) groups excluding carboxylic acids is 3. The molecule has 26 heavy (non-hydrogen) atoms. The zero-order chi connectivity index (χ0) is 19.3. The number of nitrogens with one attached hydrogen (secondary N) is 2. The fraction of sp³-hybridized carbons (Fsp3) is 0.333. The molecule has 1 atom stereocenters. The molecule has 0 fully saturated rings. The average Bonchev–Trinajstić information content (AvgIpc) is 3.02. The molecule has 0 saturated carbocycles. The summed E-state index contributed by atoms with van der Waals surface area (Å²) in [5.74, 6) is -0.832. The van der Waals surface area contributed by atoms with E-state index in [1.54, 1.807) is 35.1 Å². The SMILES string of the molecule is CC(=O)Nc1cccc(C(=O)O[C@@H](C)C(=O)Nc2ccnn2C(C)C)c1. The summed E-state index contributed by atoms with van der Waals surface area (Å²) in [6.07, 6.45) is 0.585. The maximum atomic E-state index is 12.3. The Labute approximate surface area is 151 Å². The molecular weight excluding hydrogens is 336 g/mol. The quantitative estimate of drug-likeness (QED) is 0.773. The van der Waals surface area contributed by atoms with Gasteiger partial charge in [0, 0.05) is 24.7 Å². The highest BCUT2D eigenvalue weighted by molar-refractivity contribution is 5.98. The number of amides is 2. The van der Waals surface area contributed by atoms with Gasteiger partial charge in [-0.3, -0.25) is 9.59 Å². The molecule has 0 saturated heterocycles. The van der Waals surface area contributed by atoms with Gasteiger partial charge in [0.15, 0.2) is 6.10 Å². The molecule has 2 amide bonds. The van der Waals surface area contributed by atoms with Crippen LogP contribution in [0, 0.1) is 0 Å². The van der Waals surface area contributed by atoms with Gasteiger partial charge in [-0.15, -0.1) is 0 Å². The molecule has 0 unspecified atom stereocenters. The molecule has 2 aromatic rings. The maximum absolute atomic E-state index is 12.3. The number of rotatable bonds is 6. The predicted molar refractivity (Wildman–Crippen MR) is 96.9 cm³/mol. The number of carbonyl (C=O) groups is 3. The number of anilines is 2. The van der Waals surface area contributed by atoms with Crippen molar-refractivity contribution in [3.05, 3.63) is 42.1 Å². The molecule has 0 aliphatic rings.